The number of nitrogens with one attached hydrogen (secondary N) is 2. The summed E-state index contributed by atoms with van der Waals surface area (Å²) in [6.45, 7) is 4.40. The molecule has 2 N–H and O–H groups in total. The van der Waals surface area contributed by atoms with Crippen LogP contribution in [0.2, 0.25) is 10.0 Å². The van der Waals surface area contributed by atoms with Gasteiger partial charge < -0.3 is 19.4 Å². The number of hydrogen-bond acceptors (Lipinski definition) is 5. The highest BCUT2D eigenvalue weighted by molar-refractivity contribution is 6.42. The van der Waals surface area contributed by atoms with E-state index in [4.69, 9.17) is 32.7 Å². The van der Waals surface area contributed by atoms with E-state index < -0.39 is 17.9 Å². The molecule has 4 aromatic rings. The van der Waals surface area contributed by atoms with Gasteiger partial charge in [-0.1, -0.05) is 61.3 Å². The number of amides is 2. The van der Waals surface area contributed by atoms with E-state index in [2.05, 4.69) is 20.4 Å². The minimum Gasteiger partial charge on any atom is -0.454 e. The summed E-state index contributed by atoms with van der Waals surface area (Å²) in [5, 5.41) is 8.99. The van der Waals surface area contributed by atoms with Crippen LogP contribution in [0.25, 0.3) is 10.9 Å². The molecule has 3 aromatic carbocycles. The van der Waals surface area contributed by atoms with Crippen molar-refractivity contribution >= 4 is 52.1 Å². The number of hydrogen-bond donors (Lipinski definition) is 2. The van der Waals surface area contributed by atoms with E-state index in [1.54, 1.807) is 30.5 Å². The molecule has 1 atom stereocenters. The molecule has 0 saturated heterocycles. The van der Waals surface area contributed by atoms with E-state index in [0.29, 0.717) is 33.7 Å². The molecule has 2 heterocycles. The molecule has 0 fully saturated rings. The molecule has 10 heteroatoms. The number of hydrazone groups is 1. The first-order chi connectivity index (χ1) is 18.8. The number of para-hydroxylation sites is 1. The third-order valence-electron chi connectivity index (χ3n) is 6.41. The van der Waals surface area contributed by atoms with Gasteiger partial charge in [0, 0.05) is 34.8 Å². The molecule has 0 bridgehead atoms. The number of rotatable bonds is 8. The van der Waals surface area contributed by atoms with Crippen LogP contribution in [0.15, 0.2) is 72.0 Å². The van der Waals surface area contributed by atoms with E-state index in [1.807, 2.05) is 56.4 Å². The molecular weight excluding hydrogens is 539 g/mol. The molecule has 0 radical (unpaired) electrons. The fraction of sp³-hybridized carbons (Fsp3) is 0.207. The molecule has 39 heavy (non-hydrogen) atoms. The van der Waals surface area contributed by atoms with Crippen molar-refractivity contribution in [2.24, 2.45) is 11.0 Å². The molecule has 8 nitrogen and oxygen atoms in total. The number of carbonyl (C=O) groups is 2. The Balaban J connectivity index is 1.29. The predicted octanol–water partition coefficient (Wildman–Crippen LogP) is 5.63. The van der Waals surface area contributed by atoms with E-state index in [1.165, 1.54) is 0 Å². The summed E-state index contributed by atoms with van der Waals surface area (Å²) in [6, 6.07) is 17.6. The topological polar surface area (TPSA) is 93.9 Å². The second kappa shape index (κ2) is 11.4. The van der Waals surface area contributed by atoms with Crippen molar-refractivity contribution in [1.82, 2.24) is 15.3 Å². The molecule has 0 unspecified atom stereocenters. The molecule has 2 amide bonds. The Morgan fingerprint density at radius 2 is 1.82 bits per heavy atom. The van der Waals surface area contributed by atoms with Gasteiger partial charge in [-0.3, -0.25) is 9.59 Å². The zero-order valence-corrected chi connectivity index (χ0v) is 22.8. The number of carbonyl (C=O) groups excluding carboxylic acids is 2. The maximum atomic E-state index is 13.0. The standard InChI is InChI=1S/C29H26Cl2N4O4/c1-17(2)27(33-28(36)19-8-10-25-26(12-19)39-16-38-25)29(37)34-32-13-20-15-35(24-6-4-3-5-21(20)24)14-18-7-9-22(30)23(31)11-18/h3-13,15,17,27H,14,16H2,1-2H3,(H,33,36)(H,34,37)/b32-13+/t27-/m1/s1. The van der Waals surface area contributed by atoms with Crippen molar-refractivity contribution in [3.8, 4) is 11.5 Å². The molecule has 0 aliphatic carbocycles. The normalized spacial score (nSPS) is 13.3. The number of fused-ring (bicyclic) bond motifs is 2. The minimum absolute atomic E-state index is 0.115. The van der Waals surface area contributed by atoms with E-state index >= 15 is 0 Å². The Bertz CT molecular complexity index is 1580. The maximum Gasteiger partial charge on any atom is 0.262 e. The van der Waals surface area contributed by atoms with Crippen LogP contribution in [0.4, 0.5) is 0 Å². The highest BCUT2D eigenvalue weighted by atomic mass is 35.5. The van der Waals surface area contributed by atoms with Gasteiger partial charge in [-0.25, -0.2) is 5.43 Å². The Morgan fingerprint density at radius 3 is 2.62 bits per heavy atom. The maximum absolute atomic E-state index is 13.0. The zero-order chi connectivity index (χ0) is 27.5. The second-order valence-corrected chi connectivity index (χ2v) is 10.3. The fourth-order valence-corrected chi connectivity index (χ4v) is 4.70. The Kier molecular flexibility index (Phi) is 7.77. The number of ether oxygens (including phenoxy) is 2. The summed E-state index contributed by atoms with van der Waals surface area (Å²) in [4.78, 5) is 25.8. The summed E-state index contributed by atoms with van der Waals surface area (Å²) in [5.74, 6) is 0.0890. The summed E-state index contributed by atoms with van der Waals surface area (Å²) in [5.41, 5.74) is 5.79. The first kappa shape index (κ1) is 26.6. The van der Waals surface area contributed by atoms with Gasteiger partial charge in [0.15, 0.2) is 11.5 Å². The van der Waals surface area contributed by atoms with Crippen molar-refractivity contribution in [2.75, 3.05) is 6.79 Å². The zero-order valence-electron chi connectivity index (χ0n) is 21.3. The van der Waals surface area contributed by atoms with Crippen molar-refractivity contribution in [3.05, 3.63) is 93.6 Å². The van der Waals surface area contributed by atoms with E-state index in [-0.39, 0.29) is 12.7 Å². The SMILES string of the molecule is CC(C)[C@@H](NC(=O)c1ccc2c(c1)OCO2)C(=O)N/N=C/c1cn(Cc2ccc(Cl)c(Cl)c2)c2ccccc12. The van der Waals surface area contributed by atoms with Crippen LogP contribution in [-0.2, 0) is 11.3 Å². The first-order valence-corrected chi connectivity index (χ1v) is 13.1. The average molecular weight is 565 g/mol. The quantitative estimate of drug-likeness (QED) is 0.214. The minimum atomic E-state index is -0.795. The first-order valence-electron chi connectivity index (χ1n) is 12.4. The lowest BCUT2D eigenvalue weighted by Gasteiger charge is -2.20. The third kappa shape index (κ3) is 5.87. The van der Waals surface area contributed by atoms with Crippen molar-refractivity contribution in [1.29, 1.82) is 0 Å². The molecule has 0 saturated carbocycles. The van der Waals surface area contributed by atoms with Crippen molar-refractivity contribution in [3.63, 3.8) is 0 Å². The van der Waals surface area contributed by atoms with E-state index in [0.717, 1.165) is 22.0 Å². The lowest BCUT2D eigenvalue weighted by molar-refractivity contribution is -0.123. The highest BCUT2D eigenvalue weighted by Crippen LogP contribution is 2.32. The number of nitrogens with zero attached hydrogens (tertiary/aromatic N) is 2. The van der Waals surface area contributed by atoms with Gasteiger partial charge in [-0.15, -0.1) is 0 Å². The smallest absolute Gasteiger partial charge is 0.262 e. The third-order valence-corrected chi connectivity index (χ3v) is 7.14. The molecule has 1 aliphatic rings. The van der Waals surface area contributed by atoms with Crippen LogP contribution >= 0.6 is 23.2 Å². The van der Waals surface area contributed by atoms with Crippen LogP contribution in [0, 0.1) is 5.92 Å². The monoisotopic (exact) mass is 564 g/mol. The lowest BCUT2D eigenvalue weighted by atomic mass is 10.0. The van der Waals surface area contributed by atoms with Crippen LogP contribution in [0.3, 0.4) is 0 Å². The van der Waals surface area contributed by atoms with Gasteiger partial charge in [0.2, 0.25) is 6.79 Å². The van der Waals surface area contributed by atoms with Gasteiger partial charge in [-0.2, -0.15) is 5.10 Å². The summed E-state index contributed by atoms with van der Waals surface area (Å²) >= 11 is 12.3. The van der Waals surface area contributed by atoms with Gasteiger partial charge in [0.05, 0.1) is 16.3 Å². The Hall–Kier alpha value is -4.01. The van der Waals surface area contributed by atoms with Gasteiger partial charge in [0.1, 0.15) is 6.04 Å². The molecule has 1 aliphatic heterocycles. The van der Waals surface area contributed by atoms with Crippen LogP contribution in [0.5, 0.6) is 11.5 Å². The number of benzene rings is 3. The molecule has 1 aromatic heterocycles. The number of halogens is 2. The van der Waals surface area contributed by atoms with E-state index in [9.17, 15) is 9.59 Å². The lowest BCUT2D eigenvalue weighted by Crippen LogP contribution is -2.48. The second-order valence-electron chi connectivity index (χ2n) is 9.48. The molecule has 0 spiro atoms. The van der Waals surface area contributed by atoms with Gasteiger partial charge in [0.25, 0.3) is 11.8 Å². The molecular formula is C29H26Cl2N4O4. The highest BCUT2D eigenvalue weighted by Gasteiger charge is 2.25. The van der Waals surface area contributed by atoms with Crippen molar-refractivity contribution in [2.45, 2.75) is 26.4 Å². The predicted molar refractivity (Wildman–Crippen MR) is 152 cm³/mol. The fourth-order valence-electron chi connectivity index (χ4n) is 4.38. The van der Waals surface area contributed by atoms with Gasteiger partial charge >= 0.3 is 0 Å². The summed E-state index contributed by atoms with van der Waals surface area (Å²) in [6.07, 6.45) is 3.56. The summed E-state index contributed by atoms with van der Waals surface area (Å²) < 4.78 is 12.7. The largest absolute Gasteiger partial charge is 0.454 e. The van der Waals surface area contributed by atoms with Gasteiger partial charge in [-0.05, 0) is 47.9 Å². The van der Waals surface area contributed by atoms with Crippen molar-refractivity contribution < 1.29 is 19.1 Å². The number of aromatic nitrogens is 1. The Labute approximate surface area is 235 Å². The average Bonchev–Trinajstić information content (AvgIpc) is 3.53. The molecule has 5 rings (SSSR count). The Morgan fingerprint density at radius 1 is 1.03 bits per heavy atom. The van der Waals surface area contributed by atoms with Crippen LogP contribution in [-0.4, -0.2) is 35.4 Å². The molecule has 200 valence electrons. The van der Waals surface area contributed by atoms with Crippen LogP contribution < -0.4 is 20.2 Å². The van der Waals surface area contributed by atoms with Crippen LogP contribution in [0.1, 0.15) is 35.3 Å². The summed E-state index contributed by atoms with van der Waals surface area (Å²) in [7, 11) is 0.